The molecular weight excluding hydrogens is 382 g/mol. The van der Waals surface area contributed by atoms with E-state index >= 15 is 0 Å². The highest BCUT2D eigenvalue weighted by Crippen LogP contribution is 2.32. The van der Waals surface area contributed by atoms with E-state index < -0.39 is 0 Å². The molecule has 0 saturated carbocycles. The fourth-order valence-electron chi connectivity index (χ4n) is 3.70. The van der Waals surface area contributed by atoms with Gasteiger partial charge in [0, 0.05) is 6.04 Å². The fourth-order valence-corrected chi connectivity index (χ4v) is 3.70. The Kier molecular flexibility index (Phi) is 7.52. The second kappa shape index (κ2) is 10.3. The normalized spacial score (nSPS) is 14.4. The lowest BCUT2D eigenvalue weighted by Crippen LogP contribution is -3.11. The Morgan fingerprint density at radius 1 is 1.20 bits per heavy atom. The summed E-state index contributed by atoms with van der Waals surface area (Å²) in [6, 6.07) is 10.9. The van der Waals surface area contributed by atoms with Crippen LogP contribution in [0.3, 0.4) is 0 Å². The first-order valence-corrected chi connectivity index (χ1v) is 10.8. The van der Waals surface area contributed by atoms with E-state index in [0.29, 0.717) is 17.2 Å². The fraction of sp³-hybridized carbons (Fsp3) is 0.478. The first-order chi connectivity index (χ1) is 14.5. The number of nitrogens with zero attached hydrogens (tertiary/aromatic N) is 1. The van der Waals surface area contributed by atoms with Crippen molar-refractivity contribution >= 4 is 17.5 Å². The summed E-state index contributed by atoms with van der Waals surface area (Å²) in [4.78, 5) is 28.0. The van der Waals surface area contributed by atoms with Gasteiger partial charge in [0.2, 0.25) is 0 Å². The first kappa shape index (κ1) is 21.9. The Bertz CT molecular complexity index is 860. The smallest absolute Gasteiger partial charge is 0.287 e. The Labute approximate surface area is 178 Å². The Balaban J connectivity index is 1.55. The topological polar surface area (TPSA) is 76.2 Å². The van der Waals surface area contributed by atoms with E-state index in [0.717, 1.165) is 32.5 Å². The Morgan fingerprint density at radius 2 is 1.97 bits per heavy atom. The number of fused-ring (bicyclic) bond motifs is 1. The molecule has 30 heavy (non-hydrogen) atoms. The quantitative estimate of drug-likeness (QED) is 0.624. The molecule has 2 N–H and O–H groups in total. The minimum absolute atomic E-state index is 0.00220. The van der Waals surface area contributed by atoms with Crippen molar-refractivity contribution in [3.8, 4) is 5.75 Å². The molecule has 2 amide bonds. The highest BCUT2D eigenvalue weighted by atomic mass is 16.5. The lowest BCUT2D eigenvalue weighted by molar-refractivity contribution is -0.896. The van der Waals surface area contributed by atoms with Gasteiger partial charge in [-0.2, -0.15) is 0 Å². The number of carbonyl (C=O) groups is 2. The van der Waals surface area contributed by atoms with Crippen LogP contribution < -0.4 is 19.9 Å². The van der Waals surface area contributed by atoms with Gasteiger partial charge < -0.3 is 19.4 Å². The van der Waals surface area contributed by atoms with Crippen LogP contribution in [0.1, 0.15) is 49.9 Å². The molecule has 0 fully saturated rings. The zero-order valence-corrected chi connectivity index (χ0v) is 18.1. The van der Waals surface area contributed by atoms with Crippen molar-refractivity contribution in [1.82, 2.24) is 5.32 Å². The summed E-state index contributed by atoms with van der Waals surface area (Å²) in [6.07, 6.45) is 2.00. The van der Waals surface area contributed by atoms with E-state index in [1.807, 2.05) is 31.2 Å². The van der Waals surface area contributed by atoms with E-state index in [2.05, 4.69) is 19.2 Å². The van der Waals surface area contributed by atoms with Gasteiger partial charge in [-0.3, -0.25) is 14.5 Å². The molecule has 0 bridgehead atoms. The van der Waals surface area contributed by atoms with Crippen LogP contribution in [0.25, 0.3) is 0 Å². The molecule has 0 saturated heterocycles. The maximum Gasteiger partial charge on any atom is 0.287 e. The van der Waals surface area contributed by atoms with Crippen LogP contribution in [0.4, 0.5) is 5.69 Å². The number of nitrogens with one attached hydrogen (secondary N) is 2. The number of anilines is 1. The Hall–Kier alpha value is -2.80. The molecular formula is C23H32N3O4+. The molecule has 0 radical (unpaired) electrons. The second-order valence-electron chi connectivity index (χ2n) is 7.73. The highest BCUT2D eigenvalue weighted by molar-refractivity contribution is 5.97. The van der Waals surface area contributed by atoms with Crippen LogP contribution in [0.2, 0.25) is 0 Å². The van der Waals surface area contributed by atoms with Crippen molar-refractivity contribution in [2.75, 3.05) is 31.1 Å². The molecule has 1 atom stereocenters. The molecule has 0 aliphatic carbocycles. The number of para-hydroxylation sites is 2. The first-order valence-electron chi connectivity index (χ1n) is 10.8. The van der Waals surface area contributed by atoms with Crippen LogP contribution in [0, 0.1) is 0 Å². The van der Waals surface area contributed by atoms with Crippen molar-refractivity contribution in [1.29, 1.82) is 0 Å². The van der Waals surface area contributed by atoms with E-state index in [9.17, 15) is 9.59 Å². The third kappa shape index (κ3) is 5.42. The SMILES string of the molecule is CC[NH+](CC)CCC[C@@H](C)NC(=O)c1ccc(CN2C(=O)COc3ccccc32)o1. The maximum atomic E-state index is 12.5. The van der Waals surface area contributed by atoms with Gasteiger partial charge in [-0.1, -0.05) is 12.1 Å². The van der Waals surface area contributed by atoms with E-state index in [4.69, 9.17) is 9.15 Å². The third-order valence-electron chi connectivity index (χ3n) is 5.55. The summed E-state index contributed by atoms with van der Waals surface area (Å²) in [5.41, 5.74) is 0.708. The second-order valence-corrected chi connectivity index (χ2v) is 7.73. The minimum Gasteiger partial charge on any atom is -0.482 e. The third-order valence-corrected chi connectivity index (χ3v) is 5.55. The predicted octanol–water partition coefficient (Wildman–Crippen LogP) is 2.03. The number of furan rings is 1. The summed E-state index contributed by atoms with van der Waals surface area (Å²) in [5, 5.41) is 3.00. The summed E-state index contributed by atoms with van der Waals surface area (Å²) >= 11 is 0. The molecule has 1 aliphatic heterocycles. The number of amides is 2. The molecule has 1 aromatic heterocycles. The van der Waals surface area contributed by atoms with Crippen LogP contribution in [-0.2, 0) is 11.3 Å². The molecule has 0 unspecified atom stereocenters. The van der Waals surface area contributed by atoms with Crippen molar-refractivity contribution in [2.45, 2.75) is 46.2 Å². The summed E-state index contributed by atoms with van der Waals surface area (Å²) in [5.74, 6) is 1.13. The van der Waals surface area contributed by atoms with Crippen LogP contribution in [0.5, 0.6) is 5.75 Å². The number of rotatable bonds is 10. The highest BCUT2D eigenvalue weighted by Gasteiger charge is 2.26. The largest absolute Gasteiger partial charge is 0.482 e. The lowest BCUT2D eigenvalue weighted by Gasteiger charge is -2.28. The summed E-state index contributed by atoms with van der Waals surface area (Å²) < 4.78 is 11.2. The van der Waals surface area contributed by atoms with Crippen LogP contribution in [-0.4, -0.2) is 44.1 Å². The molecule has 0 spiro atoms. The standard InChI is InChI=1S/C23H31N3O4/c1-4-25(5-2)14-8-9-17(3)24-23(28)21-13-12-18(30-21)15-26-19-10-6-7-11-20(19)29-16-22(26)27/h6-7,10-13,17H,4-5,8-9,14-16H2,1-3H3,(H,24,28)/p+1/t17-/m1/s1. The van der Waals surface area contributed by atoms with Gasteiger partial charge in [0.15, 0.2) is 12.4 Å². The molecule has 1 aromatic carbocycles. The molecule has 162 valence electrons. The summed E-state index contributed by atoms with van der Waals surface area (Å²) in [7, 11) is 0. The molecule has 7 nitrogen and oxygen atoms in total. The summed E-state index contributed by atoms with van der Waals surface area (Å²) in [6.45, 7) is 10.0. The van der Waals surface area contributed by atoms with Crippen molar-refractivity contribution in [2.24, 2.45) is 0 Å². The predicted molar refractivity (Wildman–Crippen MR) is 115 cm³/mol. The number of hydrogen-bond acceptors (Lipinski definition) is 4. The van der Waals surface area contributed by atoms with Crippen LogP contribution in [0.15, 0.2) is 40.8 Å². The lowest BCUT2D eigenvalue weighted by atomic mass is 10.1. The van der Waals surface area contributed by atoms with Crippen molar-refractivity contribution in [3.05, 3.63) is 47.9 Å². The van der Waals surface area contributed by atoms with Gasteiger partial charge in [0.25, 0.3) is 11.8 Å². The maximum absolute atomic E-state index is 12.5. The van der Waals surface area contributed by atoms with Crippen LogP contribution >= 0.6 is 0 Å². The number of carbonyl (C=O) groups excluding carboxylic acids is 2. The Morgan fingerprint density at radius 3 is 2.73 bits per heavy atom. The number of benzene rings is 1. The van der Waals surface area contributed by atoms with Gasteiger partial charge >= 0.3 is 0 Å². The number of quaternary nitrogens is 1. The van der Waals surface area contributed by atoms with Gasteiger partial charge in [-0.05, 0) is 57.9 Å². The van der Waals surface area contributed by atoms with Gasteiger partial charge in [-0.15, -0.1) is 0 Å². The average molecular weight is 415 g/mol. The van der Waals surface area contributed by atoms with E-state index in [1.165, 1.54) is 0 Å². The molecule has 2 aromatic rings. The average Bonchev–Trinajstić information content (AvgIpc) is 3.22. The van der Waals surface area contributed by atoms with Gasteiger partial charge in [-0.25, -0.2) is 0 Å². The molecule has 7 heteroatoms. The van der Waals surface area contributed by atoms with E-state index in [-0.39, 0.29) is 36.8 Å². The zero-order valence-electron chi connectivity index (χ0n) is 18.1. The van der Waals surface area contributed by atoms with Gasteiger partial charge in [0.05, 0.1) is 31.9 Å². The van der Waals surface area contributed by atoms with E-state index in [1.54, 1.807) is 21.9 Å². The molecule has 2 heterocycles. The monoisotopic (exact) mass is 414 g/mol. The van der Waals surface area contributed by atoms with Gasteiger partial charge in [0.1, 0.15) is 11.5 Å². The molecule has 3 rings (SSSR count). The zero-order chi connectivity index (χ0) is 21.5. The molecule has 1 aliphatic rings. The minimum atomic E-state index is -0.224. The van der Waals surface area contributed by atoms with Crippen molar-refractivity contribution < 1.29 is 23.6 Å². The number of hydrogen-bond donors (Lipinski definition) is 2. The number of ether oxygens (including phenoxy) is 1. The van der Waals surface area contributed by atoms with Crippen molar-refractivity contribution in [3.63, 3.8) is 0 Å².